The van der Waals surface area contributed by atoms with Gasteiger partial charge >= 0.3 is 5.97 Å². The van der Waals surface area contributed by atoms with Gasteiger partial charge < -0.3 is 15.5 Å². The quantitative estimate of drug-likeness (QED) is 0.271. The molecule has 0 atom stereocenters. The van der Waals surface area contributed by atoms with Gasteiger partial charge in [-0.1, -0.05) is 0 Å². The van der Waals surface area contributed by atoms with Gasteiger partial charge in [-0.2, -0.15) is 0 Å². The fraction of sp³-hybridized carbons (Fsp3) is 0.400. The third kappa shape index (κ3) is 6.60. The molecule has 0 saturated carbocycles. The lowest BCUT2D eigenvalue weighted by Crippen LogP contribution is -2.24. The summed E-state index contributed by atoms with van der Waals surface area (Å²) < 4.78 is 30.1. The average Bonchev–Trinajstić information content (AvgIpc) is 3.14. The molecule has 7 nitrogen and oxygen atoms in total. The number of benzene rings is 1. The number of fused-ring (bicyclic) bond motifs is 1. The van der Waals surface area contributed by atoms with Crippen molar-refractivity contribution >= 4 is 23.4 Å². The number of halogens is 2. The maximum atomic E-state index is 14.1. The Morgan fingerprint density at radius 2 is 1.82 bits per heavy atom. The Labute approximate surface area is 196 Å². The maximum absolute atomic E-state index is 14.1. The minimum atomic E-state index is -2.90. The van der Waals surface area contributed by atoms with Crippen LogP contribution in [0.3, 0.4) is 0 Å². The molecule has 0 saturated heterocycles. The monoisotopic (exact) mass is 473 g/mol. The molecule has 0 aliphatic carbocycles. The molecule has 0 unspecified atom stereocenters. The zero-order valence-electron chi connectivity index (χ0n) is 19.2. The van der Waals surface area contributed by atoms with Gasteiger partial charge in [-0.05, 0) is 75.1 Å². The number of aliphatic hydroxyl groups is 1. The molecule has 0 radical (unpaired) electrons. The molecule has 3 N–H and O–H groups in total. The van der Waals surface area contributed by atoms with Crippen LogP contribution < -0.4 is 5.32 Å². The molecule has 182 valence electrons. The highest BCUT2D eigenvalue weighted by Gasteiger charge is 2.28. The zero-order valence-corrected chi connectivity index (χ0v) is 19.2. The number of amides is 1. The molecule has 1 amide bonds. The smallest absolute Gasteiger partial charge is 0.335 e. The number of alkyl halides is 2. The first-order chi connectivity index (χ1) is 16.0. The normalized spacial score (nSPS) is 12.1. The van der Waals surface area contributed by atoms with Gasteiger partial charge in [0.2, 0.25) is 12.3 Å². The highest BCUT2D eigenvalue weighted by molar-refractivity contribution is 5.88. The zero-order chi connectivity index (χ0) is 24.9. The van der Waals surface area contributed by atoms with E-state index in [0.29, 0.717) is 30.5 Å². The molecule has 9 heteroatoms. The molecule has 2 aromatic heterocycles. The number of hydrogen-bond acceptors (Lipinski definition) is 4. The summed E-state index contributed by atoms with van der Waals surface area (Å²) in [6, 6.07) is 10.2. The number of aromatic nitrogens is 2. The predicted octanol–water partition coefficient (Wildman–Crippen LogP) is 4.13. The topological polar surface area (TPSA) is 104 Å². The van der Waals surface area contributed by atoms with Crippen LogP contribution in [0, 0.1) is 0 Å². The van der Waals surface area contributed by atoms with Gasteiger partial charge in [-0.25, -0.2) is 18.6 Å². The second-order valence-electron chi connectivity index (χ2n) is 9.07. The second kappa shape index (κ2) is 10.3. The molecular weight excluding hydrogens is 444 g/mol. The number of aryl methyl sites for hydroxylation is 2. The average molecular weight is 474 g/mol. The van der Waals surface area contributed by atoms with Gasteiger partial charge in [-0.15, -0.1) is 0 Å². The van der Waals surface area contributed by atoms with E-state index in [-0.39, 0.29) is 24.9 Å². The van der Waals surface area contributed by atoms with Gasteiger partial charge in [0.05, 0.1) is 11.2 Å². The Hall–Kier alpha value is -3.33. The van der Waals surface area contributed by atoms with Crippen LogP contribution >= 0.6 is 0 Å². The van der Waals surface area contributed by atoms with E-state index >= 15 is 0 Å². The summed E-state index contributed by atoms with van der Waals surface area (Å²) in [4.78, 5) is 26.0. The van der Waals surface area contributed by atoms with E-state index in [4.69, 9.17) is 0 Å². The highest BCUT2D eigenvalue weighted by atomic mass is 19.3. The van der Waals surface area contributed by atoms with Crippen LogP contribution in [0.2, 0.25) is 0 Å². The van der Waals surface area contributed by atoms with Crippen LogP contribution in [0.4, 0.5) is 8.78 Å². The van der Waals surface area contributed by atoms with E-state index in [2.05, 4.69) is 10.3 Å². The number of hydrogen-bond donors (Lipinski definition) is 3. The van der Waals surface area contributed by atoms with E-state index in [1.165, 1.54) is 12.1 Å². The standard InChI is InChI=1S/C25H29F2N3O4/c1-24(2,34)9-8-21-14-19-13-17(7-10-25(26,27)11-12-28-16-31)15-29-22(19)30(21)20-5-3-18(4-6-20)23(32)33/h3-6,13-16,34H,7-12H2,1-2H3,(H,28,31)(H,32,33). The number of nitrogens with one attached hydrogen (secondary N) is 1. The minimum Gasteiger partial charge on any atom is -0.478 e. The summed E-state index contributed by atoms with van der Waals surface area (Å²) in [5.41, 5.74) is 2.17. The first-order valence-electron chi connectivity index (χ1n) is 11.1. The van der Waals surface area contributed by atoms with Gasteiger partial charge in [0.1, 0.15) is 5.65 Å². The minimum absolute atomic E-state index is 0.0815. The fourth-order valence-electron chi connectivity index (χ4n) is 3.76. The van der Waals surface area contributed by atoms with Gasteiger partial charge in [0.25, 0.3) is 0 Å². The Bertz CT molecular complexity index is 1150. The molecule has 0 aliphatic rings. The summed E-state index contributed by atoms with van der Waals surface area (Å²) in [6.07, 6.45) is 2.36. The largest absolute Gasteiger partial charge is 0.478 e. The predicted molar refractivity (Wildman–Crippen MR) is 125 cm³/mol. The van der Waals surface area contributed by atoms with Gasteiger partial charge in [0.15, 0.2) is 0 Å². The highest BCUT2D eigenvalue weighted by Crippen LogP contribution is 2.29. The maximum Gasteiger partial charge on any atom is 0.335 e. The second-order valence-corrected chi connectivity index (χ2v) is 9.07. The van der Waals surface area contributed by atoms with E-state index < -0.39 is 23.9 Å². The molecule has 0 fully saturated rings. The van der Waals surface area contributed by atoms with E-state index in [9.17, 15) is 28.6 Å². The molecule has 0 bridgehead atoms. The van der Waals surface area contributed by atoms with Crippen molar-refractivity contribution in [1.82, 2.24) is 14.9 Å². The number of carboxylic acids is 1. The van der Waals surface area contributed by atoms with Crippen LogP contribution in [0.15, 0.2) is 42.6 Å². The summed E-state index contributed by atoms with van der Waals surface area (Å²) in [7, 11) is 0. The third-order valence-corrected chi connectivity index (χ3v) is 5.64. The van der Waals surface area contributed by atoms with Crippen molar-refractivity contribution in [3.05, 3.63) is 59.4 Å². The summed E-state index contributed by atoms with van der Waals surface area (Å²) in [6.45, 7) is 3.37. The van der Waals surface area contributed by atoms with Crippen molar-refractivity contribution in [3.8, 4) is 5.69 Å². The lowest BCUT2D eigenvalue weighted by Gasteiger charge is -2.18. The molecule has 2 heterocycles. The molecule has 34 heavy (non-hydrogen) atoms. The van der Waals surface area contributed by atoms with Crippen molar-refractivity contribution in [2.24, 2.45) is 0 Å². The summed E-state index contributed by atoms with van der Waals surface area (Å²) in [5, 5.41) is 22.4. The van der Waals surface area contributed by atoms with Crippen molar-refractivity contribution in [3.63, 3.8) is 0 Å². The SMILES string of the molecule is CC(C)(O)CCc1cc2cc(CCC(F)(F)CCNC=O)cnc2n1-c1ccc(C(=O)O)cc1. The lowest BCUT2D eigenvalue weighted by atomic mass is 10.0. The fourth-order valence-corrected chi connectivity index (χ4v) is 3.76. The number of rotatable bonds is 12. The van der Waals surface area contributed by atoms with Crippen molar-refractivity contribution in [2.45, 2.75) is 57.5 Å². The van der Waals surface area contributed by atoms with Crippen LogP contribution in [0.25, 0.3) is 16.7 Å². The number of nitrogens with zero attached hydrogens (tertiary/aromatic N) is 2. The van der Waals surface area contributed by atoms with Crippen LogP contribution in [0.1, 0.15) is 54.7 Å². The molecular formula is C25H29F2N3O4. The molecule has 0 aliphatic heterocycles. The van der Waals surface area contributed by atoms with Crippen molar-refractivity contribution < 1.29 is 28.6 Å². The van der Waals surface area contributed by atoms with Crippen molar-refractivity contribution in [2.75, 3.05) is 6.54 Å². The molecule has 0 spiro atoms. The van der Waals surface area contributed by atoms with E-state index in [0.717, 1.165) is 16.8 Å². The van der Waals surface area contributed by atoms with Crippen LogP contribution in [-0.2, 0) is 17.6 Å². The van der Waals surface area contributed by atoms with Gasteiger partial charge in [-0.3, -0.25) is 9.36 Å². The Kier molecular flexibility index (Phi) is 7.66. The number of carbonyl (C=O) groups excluding carboxylic acids is 1. The summed E-state index contributed by atoms with van der Waals surface area (Å²) >= 11 is 0. The number of pyridine rings is 1. The van der Waals surface area contributed by atoms with E-state index in [1.54, 1.807) is 32.2 Å². The lowest BCUT2D eigenvalue weighted by molar-refractivity contribution is -0.109. The molecule has 3 aromatic rings. The Morgan fingerprint density at radius 1 is 1.12 bits per heavy atom. The number of carbonyl (C=O) groups is 2. The summed E-state index contributed by atoms with van der Waals surface area (Å²) in [5.74, 6) is -3.92. The first-order valence-corrected chi connectivity index (χ1v) is 11.1. The van der Waals surface area contributed by atoms with Crippen molar-refractivity contribution in [1.29, 1.82) is 0 Å². The van der Waals surface area contributed by atoms with Gasteiger partial charge in [0, 0.05) is 42.4 Å². The van der Waals surface area contributed by atoms with Crippen LogP contribution in [-0.4, -0.2) is 50.2 Å². The number of aromatic carboxylic acids is 1. The Morgan fingerprint density at radius 3 is 2.44 bits per heavy atom. The molecule has 1 aromatic carbocycles. The van der Waals surface area contributed by atoms with Crippen LogP contribution in [0.5, 0.6) is 0 Å². The van der Waals surface area contributed by atoms with E-state index in [1.807, 2.05) is 16.7 Å². The third-order valence-electron chi connectivity index (χ3n) is 5.64. The first kappa shape index (κ1) is 25.3. The number of carboxylic acid groups (broad SMARTS) is 1. The molecule has 3 rings (SSSR count). The Balaban J connectivity index is 1.91.